The largest absolute Gasteiger partial charge is 0.353 e. The van der Waals surface area contributed by atoms with Gasteiger partial charge in [0, 0.05) is 42.7 Å². The smallest absolute Gasteiger partial charge is 0.221 e. The zero-order chi connectivity index (χ0) is 19.1. The molecule has 1 saturated heterocycles. The summed E-state index contributed by atoms with van der Waals surface area (Å²) in [5.74, 6) is 1.02. The Morgan fingerprint density at radius 1 is 1.07 bits per heavy atom. The summed E-state index contributed by atoms with van der Waals surface area (Å²) in [6.07, 6.45) is 2.67. The number of thioether (sulfide) groups is 1. The minimum absolute atomic E-state index is 0.188. The quantitative estimate of drug-likeness (QED) is 0.712. The van der Waals surface area contributed by atoms with E-state index in [1.54, 1.807) is 11.8 Å². The van der Waals surface area contributed by atoms with Crippen LogP contribution in [-0.4, -0.2) is 35.7 Å². The molecule has 3 rings (SSSR count). The van der Waals surface area contributed by atoms with Crippen molar-refractivity contribution in [2.45, 2.75) is 50.6 Å². The van der Waals surface area contributed by atoms with E-state index in [9.17, 15) is 4.79 Å². The van der Waals surface area contributed by atoms with Gasteiger partial charge in [0.2, 0.25) is 5.91 Å². The van der Waals surface area contributed by atoms with Gasteiger partial charge in [-0.1, -0.05) is 36.4 Å². The zero-order valence-electron chi connectivity index (χ0n) is 16.4. The van der Waals surface area contributed by atoms with E-state index in [-0.39, 0.29) is 5.91 Å². The molecule has 27 heavy (non-hydrogen) atoms. The maximum atomic E-state index is 12.3. The predicted molar refractivity (Wildman–Crippen MR) is 114 cm³/mol. The first kappa shape index (κ1) is 20.0. The van der Waals surface area contributed by atoms with Crippen LogP contribution in [0.1, 0.15) is 36.0 Å². The lowest BCUT2D eigenvalue weighted by molar-refractivity contribution is -0.121. The fourth-order valence-corrected chi connectivity index (χ4v) is 4.39. The summed E-state index contributed by atoms with van der Waals surface area (Å²) in [6.45, 7) is 7.38. The van der Waals surface area contributed by atoms with E-state index in [1.807, 2.05) is 0 Å². The lowest BCUT2D eigenvalue weighted by Gasteiger charge is -2.32. The minimum atomic E-state index is 0.188. The maximum absolute atomic E-state index is 12.3. The molecule has 0 spiro atoms. The Bertz CT molecular complexity index is 739. The average Bonchev–Trinajstić information content (AvgIpc) is 2.67. The summed E-state index contributed by atoms with van der Waals surface area (Å²) in [5, 5.41) is 3.23. The van der Waals surface area contributed by atoms with Gasteiger partial charge in [0.15, 0.2) is 0 Å². The van der Waals surface area contributed by atoms with Crippen molar-refractivity contribution in [1.29, 1.82) is 0 Å². The molecule has 1 heterocycles. The molecule has 1 fully saturated rings. The average molecular weight is 383 g/mol. The monoisotopic (exact) mass is 382 g/mol. The first-order valence-electron chi connectivity index (χ1n) is 9.86. The van der Waals surface area contributed by atoms with Crippen LogP contribution in [-0.2, 0) is 11.3 Å². The van der Waals surface area contributed by atoms with Gasteiger partial charge < -0.3 is 5.32 Å². The Kier molecular flexibility index (Phi) is 7.36. The normalized spacial score (nSPS) is 15.6. The summed E-state index contributed by atoms with van der Waals surface area (Å²) < 4.78 is 0. The Morgan fingerprint density at radius 3 is 2.52 bits per heavy atom. The molecular weight excluding hydrogens is 352 g/mol. The number of rotatable bonds is 7. The number of hydrogen-bond donors (Lipinski definition) is 1. The van der Waals surface area contributed by atoms with E-state index in [0.717, 1.165) is 38.2 Å². The number of benzene rings is 2. The lowest BCUT2D eigenvalue weighted by Crippen LogP contribution is -2.44. The van der Waals surface area contributed by atoms with Crippen LogP contribution < -0.4 is 5.32 Å². The summed E-state index contributed by atoms with van der Waals surface area (Å²) >= 11 is 1.77. The number of nitrogens with one attached hydrogen (secondary N) is 1. The van der Waals surface area contributed by atoms with Crippen LogP contribution in [0.2, 0.25) is 0 Å². The van der Waals surface area contributed by atoms with Gasteiger partial charge in [0.25, 0.3) is 0 Å². The van der Waals surface area contributed by atoms with Crippen LogP contribution in [0.3, 0.4) is 0 Å². The Hall–Kier alpha value is -1.78. The maximum Gasteiger partial charge on any atom is 0.221 e. The molecule has 3 nitrogen and oxygen atoms in total. The van der Waals surface area contributed by atoms with Crippen molar-refractivity contribution in [2.24, 2.45) is 0 Å². The second-order valence-corrected chi connectivity index (χ2v) is 8.62. The molecule has 0 aromatic heterocycles. The fraction of sp³-hybridized carbons (Fsp3) is 0.435. The van der Waals surface area contributed by atoms with Crippen LogP contribution >= 0.6 is 11.8 Å². The molecule has 144 valence electrons. The number of nitrogens with zero attached hydrogens (tertiary/aromatic N) is 1. The number of carbonyl (C=O) groups is 1. The van der Waals surface area contributed by atoms with Crippen molar-refractivity contribution in [3.63, 3.8) is 0 Å². The molecule has 1 amide bonds. The van der Waals surface area contributed by atoms with Crippen LogP contribution in [0, 0.1) is 13.8 Å². The van der Waals surface area contributed by atoms with E-state index >= 15 is 0 Å². The molecule has 1 N–H and O–H groups in total. The summed E-state index contributed by atoms with van der Waals surface area (Å²) in [7, 11) is 0. The summed E-state index contributed by atoms with van der Waals surface area (Å²) in [5.41, 5.74) is 3.99. The molecule has 0 bridgehead atoms. The van der Waals surface area contributed by atoms with Crippen LogP contribution in [0.5, 0.6) is 0 Å². The van der Waals surface area contributed by atoms with Crippen molar-refractivity contribution < 1.29 is 4.79 Å². The van der Waals surface area contributed by atoms with Crippen molar-refractivity contribution in [3.05, 3.63) is 65.2 Å². The van der Waals surface area contributed by atoms with E-state index < -0.39 is 0 Å². The molecule has 0 saturated carbocycles. The zero-order valence-corrected chi connectivity index (χ0v) is 17.2. The predicted octanol–water partition coefficient (Wildman–Crippen LogP) is 4.57. The Balaban J connectivity index is 1.33. The van der Waals surface area contributed by atoms with Gasteiger partial charge in [-0.3, -0.25) is 9.69 Å². The SMILES string of the molecule is Cc1ccc(SCCC(=O)NC2CCN(Cc3ccccc3)CC2)cc1C. The van der Waals surface area contributed by atoms with E-state index in [2.05, 4.69) is 72.6 Å². The first-order valence-corrected chi connectivity index (χ1v) is 10.8. The van der Waals surface area contributed by atoms with E-state index in [1.165, 1.54) is 21.6 Å². The van der Waals surface area contributed by atoms with Gasteiger partial charge in [-0.25, -0.2) is 0 Å². The van der Waals surface area contributed by atoms with Gasteiger partial charge in [0.1, 0.15) is 0 Å². The third-order valence-corrected chi connectivity index (χ3v) is 6.27. The third kappa shape index (κ3) is 6.40. The number of likely N-dealkylation sites (tertiary alicyclic amines) is 1. The highest BCUT2D eigenvalue weighted by molar-refractivity contribution is 7.99. The van der Waals surface area contributed by atoms with Crippen molar-refractivity contribution in [2.75, 3.05) is 18.8 Å². The van der Waals surface area contributed by atoms with Gasteiger partial charge in [0.05, 0.1) is 0 Å². The Labute approximate surface area is 167 Å². The number of hydrogen-bond acceptors (Lipinski definition) is 3. The molecule has 0 unspecified atom stereocenters. The molecule has 2 aromatic carbocycles. The molecule has 2 aromatic rings. The van der Waals surface area contributed by atoms with E-state index in [0.29, 0.717) is 12.5 Å². The number of piperidine rings is 1. The van der Waals surface area contributed by atoms with E-state index in [4.69, 9.17) is 0 Å². The van der Waals surface area contributed by atoms with Crippen LogP contribution in [0.4, 0.5) is 0 Å². The molecule has 0 aliphatic carbocycles. The van der Waals surface area contributed by atoms with Gasteiger partial charge in [-0.15, -0.1) is 11.8 Å². The van der Waals surface area contributed by atoms with Crippen molar-refractivity contribution in [3.8, 4) is 0 Å². The second-order valence-electron chi connectivity index (χ2n) is 7.45. The van der Waals surface area contributed by atoms with Crippen LogP contribution in [0.15, 0.2) is 53.4 Å². The molecule has 1 aliphatic heterocycles. The molecule has 0 atom stereocenters. The first-order chi connectivity index (χ1) is 13.1. The van der Waals surface area contributed by atoms with Crippen molar-refractivity contribution in [1.82, 2.24) is 10.2 Å². The topological polar surface area (TPSA) is 32.3 Å². The summed E-state index contributed by atoms with van der Waals surface area (Å²) in [4.78, 5) is 16.0. The number of carbonyl (C=O) groups excluding carboxylic acids is 1. The highest BCUT2D eigenvalue weighted by Crippen LogP contribution is 2.22. The number of amides is 1. The molecular formula is C23H30N2OS. The Morgan fingerprint density at radius 2 is 1.81 bits per heavy atom. The second kappa shape index (κ2) is 9.95. The molecule has 0 radical (unpaired) electrons. The minimum Gasteiger partial charge on any atom is -0.353 e. The van der Waals surface area contributed by atoms with Gasteiger partial charge in [-0.05, 0) is 55.5 Å². The standard InChI is InChI=1S/C23H30N2OS/c1-18-8-9-22(16-19(18)2)27-15-12-23(26)24-21-10-13-25(14-11-21)17-20-6-4-3-5-7-20/h3-9,16,21H,10-15,17H2,1-2H3,(H,24,26). The fourth-order valence-electron chi connectivity index (χ4n) is 3.44. The summed E-state index contributed by atoms with van der Waals surface area (Å²) in [6, 6.07) is 17.5. The van der Waals surface area contributed by atoms with Gasteiger partial charge >= 0.3 is 0 Å². The highest BCUT2D eigenvalue weighted by Gasteiger charge is 2.20. The lowest BCUT2D eigenvalue weighted by atomic mass is 10.0. The van der Waals surface area contributed by atoms with Crippen LogP contribution in [0.25, 0.3) is 0 Å². The van der Waals surface area contributed by atoms with Gasteiger partial charge in [-0.2, -0.15) is 0 Å². The molecule has 1 aliphatic rings. The third-order valence-electron chi connectivity index (χ3n) is 5.28. The molecule has 4 heteroatoms. The number of aryl methyl sites for hydroxylation is 2. The van der Waals surface area contributed by atoms with Crippen molar-refractivity contribution >= 4 is 17.7 Å². The highest BCUT2D eigenvalue weighted by atomic mass is 32.2.